The van der Waals surface area contributed by atoms with Crippen LogP contribution in [0.4, 0.5) is 5.69 Å². The van der Waals surface area contributed by atoms with Gasteiger partial charge in [-0.25, -0.2) is 9.67 Å². The van der Waals surface area contributed by atoms with E-state index in [0.29, 0.717) is 10.7 Å². The van der Waals surface area contributed by atoms with Gasteiger partial charge in [-0.1, -0.05) is 35.4 Å². The number of halogens is 1. The van der Waals surface area contributed by atoms with Crippen LogP contribution in [0.15, 0.2) is 54.9 Å². The molecule has 0 bridgehead atoms. The number of carbonyl (C=O) groups is 1. The Labute approximate surface area is 139 Å². The molecule has 0 spiro atoms. The lowest BCUT2D eigenvalue weighted by Crippen LogP contribution is -2.27. The van der Waals surface area contributed by atoms with E-state index < -0.39 is 0 Å². The second-order valence-electron chi connectivity index (χ2n) is 5.19. The van der Waals surface area contributed by atoms with Gasteiger partial charge in [0, 0.05) is 17.8 Å². The van der Waals surface area contributed by atoms with E-state index in [1.807, 2.05) is 31.2 Å². The second-order valence-corrected chi connectivity index (χ2v) is 5.63. The molecule has 0 atom stereocenters. The SMILES string of the molecule is Cc1ccc(-n2cnc(C(=O)N(C)c3cccc(Cl)c3)n2)cc1. The fourth-order valence-electron chi connectivity index (χ4n) is 2.13. The summed E-state index contributed by atoms with van der Waals surface area (Å²) in [4.78, 5) is 18.1. The predicted molar refractivity (Wildman–Crippen MR) is 90.3 cm³/mol. The highest BCUT2D eigenvalue weighted by Gasteiger charge is 2.18. The van der Waals surface area contributed by atoms with Crippen LogP contribution in [0.1, 0.15) is 16.2 Å². The number of anilines is 1. The van der Waals surface area contributed by atoms with Crippen molar-refractivity contribution in [2.75, 3.05) is 11.9 Å². The fourth-order valence-corrected chi connectivity index (χ4v) is 2.32. The summed E-state index contributed by atoms with van der Waals surface area (Å²) >= 11 is 5.96. The molecule has 0 unspecified atom stereocenters. The molecule has 3 aromatic rings. The van der Waals surface area contributed by atoms with Gasteiger partial charge in [0.1, 0.15) is 6.33 Å². The van der Waals surface area contributed by atoms with Crippen molar-refractivity contribution in [3.63, 3.8) is 0 Å². The van der Waals surface area contributed by atoms with Crippen LogP contribution < -0.4 is 4.90 Å². The molecule has 1 heterocycles. The van der Waals surface area contributed by atoms with Gasteiger partial charge in [-0.2, -0.15) is 0 Å². The first-order chi connectivity index (χ1) is 11.0. The van der Waals surface area contributed by atoms with Gasteiger partial charge in [0.15, 0.2) is 0 Å². The maximum absolute atomic E-state index is 12.5. The van der Waals surface area contributed by atoms with Gasteiger partial charge >= 0.3 is 0 Å². The third-order valence-electron chi connectivity index (χ3n) is 3.48. The Bertz CT molecular complexity index is 842. The Morgan fingerprint density at radius 1 is 1.17 bits per heavy atom. The van der Waals surface area contributed by atoms with E-state index in [9.17, 15) is 4.79 Å². The summed E-state index contributed by atoms with van der Waals surface area (Å²) in [6, 6.07) is 14.9. The van der Waals surface area contributed by atoms with Crippen molar-refractivity contribution in [2.24, 2.45) is 0 Å². The first-order valence-electron chi connectivity index (χ1n) is 7.07. The summed E-state index contributed by atoms with van der Waals surface area (Å²) in [5.74, 6) is -0.161. The first-order valence-corrected chi connectivity index (χ1v) is 7.45. The number of aromatic nitrogens is 3. The molecule has 3 rings (SSSR count). The third-order valence-corrected chi connectivity index (χ3v) is 3.72. The molecular weight excluding hydrogens is 312 g/mol. The zero-order valence-corrected chi connectivity index (χ0v) is 13.5. The highest BCUT2D eigenvalue weighted by atomic mass is 35.5. The lowest BCUT2D eigenvalue weighted by molar-refractivity contribution is 0.0983. The fraction of sp³-hybridized carbons (Fsp3) is 0.118. The molecule has 0 aliphatic carbocycles. The summed E-state index contributed by atoms with van der Waals surface area (Å²) in [7, 11) is 1.67. The molecule has 5 nitrogen and oxygen atoms in total. The van der Waals surface area contributed by atoms with Gasteiger partial charge in [0.2, 0.25) is 5.82 Å². The summed E-state index contributed by atoms with van der Waals surface area (Å²) < 4.78 is 1.58. The van der Waals surface area contributed by atoms with E-state index in [1.54, 1.807) is 36.0 Å². The lowest BCUT2D eigenvalue weighted by Gasteiger charge is -2.15. The number of carbonyl (C=O) groups excluding carboxylic acids is 1. The largest absolute Gasteiger partial charge is 0.309 e. The molecule has 6 heteroatoms. The molecule has 0 aliphatic rings. The monoisotopic (exact) mass is 326 g/mol. The predicted octanol–water partition coefficient (Wildman–Crippen LogP) is 3.51. The van der Waals surface area contributed by atoms with E-state index in [0.717, 1.165) is 11.3 Å². The summed E-state index contributed by atoms with van der Waals surface area (Å²) in [6.45, 7) is 2.01. The number of nitrogens with zero attached hydrogens (tertiary/aromatic N) is 4. The maximum Gasteiger partial charge on any atom is 0.297 e. The Morgan fingerprint density at radius 3 is 2.61 bits per heavy atom. The minimum absolute atomic E-state index is 0.132. The molecule has 1 aromatic heterocycles. The first kappa shape index (κ1) is 15.2. The molecule has 0 radical (unpaired) electrons. The number of hydrogen-bond acceptors (Lipinski definition) is 3. The van der Waals surface area contributed by atoms with Gasteiger partial charge in [0.25, 0.3) is 5.91 Å². The second kappa shape index (κ2) is 6.22. The molecule has 23 heavy (non-hydrogen) atoms. The molecule has 0 fully saturated rings. The lowest BCUT2D eigenvalue weighted by atomic mass is 10.2. The van der Waals surface area contributed by atoms with Gasteiger partial charge in [-0.15, -0.1) is 5.10 Å². The van der Waals surface area contributed by atoms with Crippen molar-refractivity contribution in [2.45, 2.75) is 6.92 Å². The van der Waals surface area contributed by atoms with Crippen molar-refractivity contribution in [1.29, 1.82) is 0 Å². The number of amides is 1. The molecule has 0 saturated heterocycles. The number of rotatable bonds is 3. The molecule has 2 aromatic carbocycles. The Morgan fingerprint density at radius 2 is 1.91 bits per heavy atom. The standard InChI is InChI=1S/C17H15ClN4O/c1-12-6-8-14(9-7-12)22-11-19-16(20-22)17(23)21(2)15-5-3-4-13(18)10-15/h3-11H,1-2H3. The zero-order valence-electron chi connectivity index (χ0n) is 12.8. The van der Waals surface area contributed by atoms with Gasteiger partial charge < -0.3 is 4.90 Å². The van der Waals surface area contributed by atoms with E-state index in [-0.39, 0.29) is 11.7 Å². The molecular formula is C17H15ClN4O. The van der Waals surface area contributed by atoms with E-state index >= 15 is 0 Å². The van der Waals surface area contributed by atoms with Gasteiger partial charge in [-0.05, 0) is 37.3 Å². The number of benzene rings is 2. The van der Waals surface area contributed by atoms with Crippen molar-refractivity contribution < 1.29 is 4.79 Å². The highest BCUT2D eigenvalue weighted by Crippen LogP contribution is 2.19. The minimum Gasteiger partial charge on any atom is -0.309 e. The van der Waals surface area contributed by atoms with Crippen LogP contribution in [0, 0.1) is 6.92 Å². The van der Waals surface area contributed by atoms with Gasteiger partial charge in [-0.3, -0.25) is 4.79 Å². The van der Waals surface area contributed by atoms with Crippen LogP contribution in [0.25, 0.3) is 5.69 Å². The molecule has 0 aliphatic heterocycles. The van der Waals surface area contributed by atoms with Crippen LogP contribution in [0.2, 0.25) is 5.02 Å². The third kappa shape index (κ3) is 3.24. The van der Waals surface area contributed by atoms with E-state index in [1.165, 1.54) is 11.2 Å². The molecule has 0 N–H and O–H groups in total. The van der Waals surface area contributed by atoms with Crippen LogP contribution in [0.5, 0.6) is 0 Å². The topological polar surface area (TPSA) is 51.0 Å². The Kier molecular flexibility index (Phi) is 4.12. The molecule has 0 saturated carbocycles. The maximum atomic E-state index is 12.5. The summed E-state index contributed by atoms with van der Waals surface area (Å²) in [5.41, 5.74) is 2.70. The highest BCUT2D eigenvalue weighted by molar-refractivity contribution is 6.31. The van der Waals surface area contributed by atoms with Crippen LogP contribution in [0.3, 0.4) is 0 Å². The van der Waals surface area contributed by atoms with Crippen molar-refractivity contribution in [1.82, 2.24) is 14.8 Å². The van der Waals surface area contributed by atoms with Crippen molar-refractivity contribution in [3.05, 3.63) is 71.3 Å². The Hall–Kier alpha value is -2.66. The smallest absolute Gasteiger partial charge is 0.297 e. The quantitative estimate of drug-likeness (QED) is 0.740. The average Bonchev–Trinajstić information content (AvgIpc) is 3.04. The van der Waals surface area contributed by atoms with E-state index in [2.05, 4.69) is 10.1 Å². The summed E-state index contributed by atoms with van der Waals surface area (Å²) in [6.07, 6.45) is 1.53. The minimum atomic E-state index is -0.293. The molecule has 116 valence electrons. The zero-order chi connectivity index (χ0) is 16.4. The van der Waals surface area contributed by atoms with E-state index in [4.69, 9.17) is 11.6 Å². The van der Waals surface area contributed by atoms with Crippen molar-refractivity contribution >= 4 is 23.2 Å². The van der Waals surface area contributed by atoms with Gasteiger partial charge in [0.05, 0.1) is 5.69 Å². The number of aryl methyl sites for hydroxylation is 1. The van der Waals surface area contributed by atoms with Crippen LogP contribution in [-0.4, -0.2) is 27.7 Å². The average molecular weight is 327 g/mol. The summed E-state index contributed by atoms with van der Waals surface area (Å²) in [5, 5.41) is 4.83. The normalized spacial score (nSPS) is 10.6. The van der Waals surface area contributed by atoms with Crippen molar-refractivity contribution in [3.8, 4) is 5.69 Å². The van der Waals surface area contributed by atoms with Crippen LogP contribution in [-0.2, 0) is 0 Å². The number of hydrogen-bond donors (Lipinski definition) is 0. The molecule has 1 amide bonds. The van der Waals surface area contributed by atoms with Crippen LogP contribution >= 0.6 is 11.6 Å². The Balaban J connectivity index is 1.84.